The van der Waals surface area contributed by atoms with E-state index in [0.29, 0.717) is 25.1 Å². The zero-order chi connectivity index (χ0) is 13.3. The molecule has 0 spiro atoms. The Morgan fingerprint density at radius 2 is 2.22 bits per heavy atom. The van der Waals surface area contributed by atoms with Crippen LogP contribution in [0.1, 0.15) is 23.7 Å². The molecule has 96 valence electrons. The van der Waals surface area contributed by atoms with Gasteiger partial charge in [0, 0.05) is 31.0 Å². The topological polar surface area (TPSA) is 57.6 Å². The van der Waals surface area contributed by atoms with Gasteiger partial charge in [0.05, 0.1) is 5.02 Å². The smallest absolute Gasteiger partial charge is 0.253 e. The Bertz CT molecular complexity index is 501. The summed E-state index contributed by atoms with van der Waals surface area (Å²) in [5.74, 6) is -0.121. The Labute approximate surface area is 110 Å². The summed E-state index contributed by atoms with van der Waals surface area (Å²) in [6.45, 7) is 2.71. The number of piperidine rings is 1. The highest BCUT2D eigenvalue weighted by molar-refractivity contribution is 6.32. The number of phenolic OH excluding ortho intramolecular Hbond substituents is 1. The molecule has 4 nitrogen and oxygen atoms in total. The second-order valence-electron chi connectivity index (χ2n) is 4.53. The van der Waals surface area contributed by atoms with E-state index in [1.165, 1.54) is 18.2 Å². The monoisotopic (exact) mass is 267 g/mol. The predicted molar refractivity (Wildman–Crippen MR) is 67.8 cm³/mol. The van der Waals surface area contributed by atoms with Gasteiger partial charge < -0.3 is 10.0 Å². The van der Waals surface area contributed by atoms with Crippen molar-refractivity contribution in [3.05, 3.63) is 28.8 Å². The lowest BCUT2D eigenvalue weighted by Gasteiger charge is -2.30. The van der Waals surface area contributed by atoms with E-state index in [2.05, 4.69) is 0 Å². The van der Waals surface area contributed by atoms with E-state index < -0.39 is 0 Å². The average Bonchev–Trinajstić information content (AvgIpc) is 2.35. The first-order valence-corrected chi connectivity index (χ1v) is 6.17. The van der Waals surface area contributed by atoms with Crippen molar-refractivity contribution in [2.75, 3.05) is 13.1 Å². The van der Waals surface area contributed by atoms with Gasteiger partial charge in [0.1, 0.15) is 11.5 Å². The summed E-state index contributed by atoms with van der Waals surface area (Å²) >= 11 is 5.77. The Balaban J connectivity index is 2.16. The summed E-state index contributed by atoms with van der Waals surface area (Å²) in [6.07, 6.45) is 0.402. The largest absolute Gasteiger partial charge is 0.506 e. The maximum Gasteiger partial charge on any atom is 0.253 e. The Hall–Kier alpha value is -1.55. The minimum Gasteiger partial charge on any atom is -0.506 e. The summed E-state index contributed by atoms with van der Waals surface area (Å²) in [5, 5.41) is 9.47. The molecule has 1 aliphatic rings. The first-order chi connectivity index (χ1) is 8.49. The first kappa shape index (κ1) is 12.9. The van der Waals surface area contributed by atoms with Crippen molar-refractivity contribution in [3.63, 3.8) is 0 Å². The van der Waals surface area contributed by atoms with Crippen LogP contribution in [0.2, 0.25) is 5.02 Å². The number of benzene rings is 1. The molecule has 1 atom stereocenters. The van der Waals surface area contributed by atoms with Crippen LogP contribution >= 0.6 is 11.6 Å². The highest BCUT2D eigenvalue weighted by Gasteiger charge is 2.27. The number of ketones is 1. The third-order valence-electron chi connectivity index (χ3n) is 3.15. The maximum absolute atomic E-state index is 12.2. The number of amides is 1. The lowest BCUT2D eigenvalue weighted by molar-refractivity contribution is -0.124. The molecule has 0 bridgehead atoms. The van der Waals surface area contributed by atoms with E-state index >= 15 is 0 Å². The van der Waals surface area contributed by atoms with Gasteiger partial charge in [-0.1, -0.05) is 18.5 Å². The molecule has 2 rings (SSSR count). The van der Waals surface area contributed by atoms with E-state index in [9.17, 15) is 14.7 Å². The lowest BCUT2D eigenvalue weighted by Crippen LogP contribution is -2.43. The summed E-state index contributed by atoms with van der Waals surface area (Å²) < 4.78 is 0. The zero-order valence-electron chi connectivity index (χ0n) is 10.0. The maximum atomic E-state index is 12.2. The number of hydrogen-bond acceptors (Lipinski definition) is 3. The van der Waals surface area contributed by atoms with E-state index in [1.54, 1.807) is 4.90 Å². The molecule has 1 aromatic rings. The molecule has 1 amide bonds. The highest BCUT2D eigenvalue weighted by atomic mass is 35.5. The molecule has 1 heterocycles. The van der Waals surface area contributed by atoms with Gasteiger partial charge in [-0.15, -0.1) is 0 Å². The number of phenols is 1. The Morgan fingerprint density at radius 1 is 1.50 bits per heavy atom. The van der Waals surface area contributed by atoms with Crippen LogP contribution in [0.5, 0.6) is 5.75 Å². The highest BCUT2D eigenvalue weighted by Crippen LogP contribution is 2.25. The first-order valence-electron chi connectivity index (χ1n) is 5.79. The molecule has 1 N–H and O–H groups in total. The molecular weight excluding hydrogens is 254 g/mol. The fourth-order valence-corrected chi connectivity index (χ4v) is 2.20. The van der Waals surface area contributed by atoms with Gasteiger partial charge in [0.15, 0.2) is 0 Å². The van der Waals surface area contributed by atoms with Gasteiger partial charge in [-0.05, 0) is 18.2 Å². The molecule has 1 aromatic carbocycles. The van der Waals surface area contributed by atoms with Crippen LogP contribution in [0, 0.1) is 5.92 Å². The number of halogens is 1. The summed E-state index contributed by atoms with van der Waals surface area (Å²) in [6, 6.07) is 4.37. The molecule has 1 fully saturated rings. The lowest BCUT2D eigenvalue weighted by atomic mass is 9.98. The van der Waals surface area contributed by atoms with Gasteiger partial charge in [0.2, 0.25) is 0 Å². The molecular formula is C13H14ClNO3. The fraction of sp³-hybridized carbons (Fsp3) is 0.385. The summed E-state index contributed by atoms with van der Waals surface area (Å²) in [5.41, 5.74) is 0.430. The van der Waals surface area contributed by atoms with Gasteiger partial charge in [0.25, 0.3) is 5.91 Å². The van der Waals surface area contributed by atoms with Gasteiger partial charge in [-0.2, -0.15) is 0 Å². The molecule has 1 aliphatic heterocycles. The van der Waals surface area contributed by atoms with Crippen molar-refractivity contribution < 1.29 is 14.7 Å². The van der Waals surface area contributed by atoms with E-state index in [4.69, 9.17) is 11.6 Å². The van der Waals surface area contributed by atoms with Crippen molar-refractivity contribution in [2.24, 2.45) is 5.92 Å². The minimum absolute atomic E-state index is 0.0459. The predicted octanol–water partition coefficient (Wildman–Crippen LogP) is 2.10. The quantitative estimate of drug-likeness (QED) is 0.848. The number of hydrogen-bond donors (Lipinski definition) is 1. The molecule has 0 aliphatic carbocycles. The second-order valence-corrected chi connectivity index (χ2v) is 4.94. The Kier molecular flexibility index (Phi) is 3.57. The molecule has 1 unspecified atom stereocenters. The van der Waals surface area contributed by atoms with Crippen molar-refractivity contribution in [3.8, 4) is 5.75 Å². The van der Waals surface area contributed by atoms with Crippen LogP contribution in [0.3, 0.4) is 0 Å². The van der Waals surface area contributed by atoms with Gasteiger partial charge in [-0.25, -0.2) is 0 Å². The third-order valence-corrected chi connectivity index (χ3v) is 3.46. The van der Waals surface area contributed by atoms with Crippen LogP contribution in [-0.4, -0.2) is 34.8 Å². The SMILES string of the molecule is CC1CN(C(=O)c2ccc(O)c(Cl)c2)CCC1=O. The number of rotatable bonds is 1. The van der Waals surface area contributed by atoms with Crippen molar-refractivity contribution in [1.29, 1.82) is 0 Å². The van der Waals surface area contributed by atoms with Crippen LogP contribution in [-0.2, 0) is 4.79 Å². The number of Topliss-reactive ketones (excluding diaryl/α,β-unsaturated/α-hetero) is 1. The molecule has 0 saturated carbocycles. The van der Waals surface area contributed by atoms with E-state index in [0.717, 1.165) is 0 Å². The number of carbonyl (C=O) groups is 2. The van der Waals surface area contributed by atoms with E-state index in [1.807, 2.05) is 6.92 Å². The molecule has 18 heavy (non-hydrogen) atoms. The van der Waals surface area contributed by atoms with E-state index in [-0.39, 0.29) is 28.4 Å². The molecule has 0 aromatic heterocycles. The Morgan fingerprint density at radius 3 is 2.83 bits per heavy atom. The van der Waals surface area contributed by atoms with Crippen molar-refractivity contribution in [1.82, 2.24) is 4.90 Å². The number of nitrogens with zero attached hydrogens (tertiary/aromatic N) is 1. The number of likely N-dealkylation sites (tertiary alicyclic amines) is 1. The third kappa shape index (κ3) is 2.48. The number of aromatic hydroxyl groups is 1. The minimum atomic E-state index is -0.156. The van der Waals surface area contributed by atoms with Crippen molar-refractivity contribution >= 4 is 23.3 Å². The summed E-state index contributed by atoms with van der Waals surface area (Å²) in [4.78, 5) is 25.2. The van der Waals surface area contributed by atoms with Crippen LogP contribution < -0.4 is 0 Å². The van der Waals surface area contributed by atoms with Gasteiger partial charge >= 0.3 is 0 Å². The molecule has 0 radical (unpaired) electrons. The second kappa shape index (κ2) is 4.98. The zero-order valence-corrected chi connectivity index (χ0v) is 10.8. The summed E-state index contributed by atoms with van der Waals surface area (Å²) in [7, 11) is 0. The van der Waals surface area contributed by atoms with Crippen LogP contribution in [0.25, 0.3) is 0 Å². The normalized spacial score (nSPS) is 20.0. The standard InChI is InChI=1S/C13H14ClNO3/c1-8-7-15(5-4-11(8)16)13(18)9-2-3-12(17)10(14)6-9/h2-3,6,8,17H,4-5,7H2,1H3. The number of carbonyl (C=O) groups excluding carboxylic acids is 2. The fourth-order valence-electron chi connectivity index (χ4n) is 2.02. The molecule has 1 saturated heterocycles. The average molecular weight is 268 g/mol. The van der Waals surface area contributed by atoms with Crippen molar-refractivity contribution in [2.45, 2.75) is 13.3 Å². The van der Waals surface area contributed by atoms with Crippen LogP contribution in [0.15, 0.2) is 18.2 Å². The van der Waals surface area contributed by atoms with Crippen LogP contribution in [0.4, 0.5) is 0 Å². The molecule has 5 heteroatoms. The van der Waals surface area contributed by atoms with Gasteiger partial charge in [-0.3, -0.25) is 9.59 Å².